The van der Waals surface area contributed by atoms with Gasteiger partial charge in [-0.1, -0.05) is 30.3 Å². The van der Waals surface area contributed by atoms with Gasteiger partial charge in [0.1, 0.15) is 6.17 Å². The molecule has 3 heteroatoms. The van der Waals surface area contributed by atoms with Crippen LogP contribution >= 0.6 is 0 Å². The van der Waals surface area contributed by atoms with Crippen molar-refractivity contribution in [3.8, 4) is 0 Å². The van der Waals surface area contributed by atoms with Crippen molar-refractivity contribution >= 4 is 5.78 Å². The van der Waals surface area contributed by atoms with Gasteiger partial charge in [0, 0.05) is 18.3 Å². The zero-order valence-electron chi connectivity index (χ0n) is 8.66. The molecule has 2 N–H and O–H groups in total. The van der Waals surface area contributed by atoms with Crippen molar-refractivity contribution in [3.05, 3.63) is 47.7 Å². The predicted molar refractivity (Wildman–Crippen MR) is 59.1 cm³/mol. The molecule has 0 amide bonds. The first-order valence-corrected chi connectivity index (χ1v) is 5.02. The van der Waals surface area contributed by atoms with Crippen LogP contribution in [0.1, 0.15) is 18.7 Å². The van der Waals surface area contributed by atoms with Crippen LogP contribution < -0.4 is 10.6 Å². The second-order valence-electron chi connectivity index (χ2n) is 3.62. The second kappa shape index (κ2) is 4.28. The molecule has 3 nitrogen and oxygen atoms in total. The molecule has 1 aliphatic rings. The summed E-state index contributed by atoms with van der Waals surface area (Å²) >= 11 is 0. The Balaban J connectivity index is 2.09. The summed E-state index contributed by atoms with van der Waals surface area (Å²) in [5.41, 5.74) is 1.97. The van der Waals surface area contributed by atoms with Crippen LogP contribution in [-0.2, 0) is 4.79 Å². The molecule has 1 heterocycles. The third-order valence-electron chi connectivity index (χ3n) is 2.51. The summed E-state index contributed by atoms with van der Waals surface area (Å²) in [5.74, 6) is 0.113. The van der Waals surface area contributed by atoms with Gasteiger partial charge in [0.25, 0.3) is 0 Å². The number of Topliss-reactive ketones (excluding diaryl/α,β-unsaturated/α-hetero) is 1. The van der Waals surface area contributed by atoms with Gasteiger partial charge >= 0.3 is 0 Å². The average molecular weight is 202 g/mol. The van der Waals surface area contributed by atoms with Gasteiger partial charge in [-0.15, -0.1) is 0 Å². The van der Waals surface area contributed by atoms with E-state index in [0.717, 1.165) is 5.57 Å². The third kappa shape index (κ3) is 2.25. The molecule has 1 unspecified atom stereocenters. The molecular weight excluding hydrogens is 188 g/mol. The highest BCUT2D eigenvalue weighted by atomic mass is 16.1. The van der Waals surface area contributed by atoms with E-state index in [0.29, 0.717) is 6.54 Å². The number of hydrogen-bond acceptors (Lipinski definition) is 3. The van der Waals surface area contributed by atoms with Crippen molar-refractivity contribution in [3.63, 3.8) is 0 Å². The molecule has 0 bridgehead atoms. The Hall–Kier alpha value is -1.61. The first-order valence-electron chi connectivity index (χ1n) is 5.02. The quantitative estimate of drug-likeness (QED) is 0.760. The fraction of sp³-hybridized carbons (Fsp3) is 0.250. The van der Waals surface area contributed by atoms with E-state index in [1.165, 1.54) is 5.56 Å². The molecule has 0 fully saturated rings. The molecule has 0 radical (unpaired) electrons. The molecule has 2 rings (SSSR count). The van der Waals surface area contributed by atoms with Crippen molar-refractivity contribution in [2.75, 3.05) is 6.54 Å². The van der Waals surface area contributed by atoms with Crippen molar-refractivity contribution < 1.29 is 4.79 Å². The minimum Gasteiger partial charge on any atom is -0.372 e. The zero-order valence-corrected chi connectivity index (χ0v) is 8.66. The van der Waals surface area contributed by atoms with Crippen LogP contribution in [0.4, 0.5) is 0 Å². The van der Waals surface area contributed by atoms with Crippen molar-refractivity contribution in [1.82, 2.24) is 10.6 Å². The summed E-state index contributed by atoms with van der Waals surface area (Å²) in [6, 6.07) is 10.1. The summed E-state index contributed by atoms with van der Waals surface area (Å²) in [6.07, 6.45) is 1.91. The van der Waals surface area contributed by atoms with Gasteiger partial charge in [0.2, 0.25) is 0 Å². The molecule has 1 aliphatic heterocycles. The number of ketones is 1. The van der Waals surface area contributed by atoms with Gasteiger partial charge in [-0.05, 0) is 12.5 Å². The van der Waals surface area contributed by atoms with Gasteiger partial charge in [-0.25, -0.2) is 0 Å². The maximum absolute atomic E-state index is 11.1. The highest BCUT2D eigenvalue weighted by Crippen LogP contribution is 2.13. The lowest BCUT2D eigenvalue weighted by molar-refractivity contribution is -0.113. The van der Waals surface area contributed by atoms with Gasteiger partial charge < -0.3 is 5.32 Å². The van der Waals surface area contributed by atoms with E-state index >= 15 is 0 Å². The molecule has 1 aromatic carbocycles. The molecule has 1 atom stereocenters. The number of benzene rings is 1. The van der Waals surface area contributed by atoms with Crippen LogP contribution in [-0.4, -0.2) is 12.3 Å². The van der Waals surface area contributed by atoms with Crippen LogP contribution in [0.15, 0.2) is 42.1 Å². The van der Waals surface area contributed by atoms with Crippen molar-refractivity contribution in [2.24, 2.45) is 0 Å². The molecule has 0 saturated heterocycles. The lowest BCUT2D eigenvalue weighted by atomic mass is 10.1. The second-order valence-corrected chi connectivity index (χ2v) is 3.62. The first-order chi connectivity index (χ1) is 7.27. The Bertz CT molecular complexity index is 384. The van der Waals surface area contributed by atoms with Crippen molar-refractivity contribution in [2.45, 2.75) is 13.1 Å². The Kier molecular flexibility index (Phi) is 2.83. The summed E-state index contributed by atoms with van der Waals surface area (Å²) in [5, 5.41) is 6.44. The van der Waals surface area contributed by atoms with Crippen LogP contribution in [0.2, 0.25) is 0 Å². The molecule has 0 spiro atoms. The molecule has 0 aliphatic carbocycles. The largest absolute Gasteiger partial charge is 0.372 e. The summed E-state index contributed by atoms with van der Waals surface area (Å²) < 4.78 is 0. The van der Waals surface area contributed by atoms with E-state index in [9.17, 15) is 4.79 Å². The average Bonchev–Trinajstić information content (AvgIpc) is 2.30. The fourth-order valence-electron chi connectivity index (χ4n) is 1.59. The molecule has 1 aromatic rings. The van der Waals surface area contributed by atoms with Crippen LogP contribution in [0.3, 0.4) is 0 Å². The van der Waals surface area contributed by atoms with E-state index in [4.69, 9.17) is 0 Å². The van der Waals surface area contributed by atoms with E-state index in [2.05, 4.69) is 22.8 Å². The van der Waals surface area contributed by atoms with Gasteiger partial charge in [0.15, 0.2) is 5.78 Å². The highest BCUT2D eigenvalue weighted by Gasteiger charge is 2.15. The normalized spacial score (nSPS) is 20.3. The number of nitrogens with one attached hydrogen (secondary N) is 2. The Morgan fingerprint density at radius 2 is 2.07 bits per heavy atom. The Labute approximate surface area is 89.2 Å². The third-order valence-corrected chi connectivity index (χ3v) is 2.51. The topological polar surface area (TPSA) is 41.1 Å². The minimum atomic E-state index is 0.106. The molecule has 78 valence electrons. The number of carbonyl (C=O) groups is 1. The number of rotatable bonds is 2. The van der Waals surface area contributed by atoms with Crippen LogP contribution in [0, 0.1) is 0 Å². The highest BCUT2D eigenvalue weighted by molar-refractivity contribution is 5.93. The molecular formula is C12H14N2O. The lowest BCUT2D eigenvalue weighted by Crippen LogP contribution is -2.38. The summed E-state index contributed by atoms with van der Waals surface area (Å²) in [6.45, 7) is 2.21. The first kappa shape index (κ1) is 9.93. The number of carbonyl (C=O) groups excluding carboxylic acids is 1. The molecule has 0 aromatic heterocycles. The number of hydrogen-bond donors (Lipinski definition) is 2. The van der Waals surface area contributed by atoms with E-state index < -0.39 is 0 Å². The summed E-state index contributed by atoms with van der Waals surface area (Å²) in [4.78, 5) is 11.1. The smallest absolute Gasteiger partial charge is 0.158 e. The van der Waals surface area contributed by atoms with Crippen molar-refractivity contribution in [1.29, 1.82) is 0 Å². The summed E-state index contributed by atoms with van der Waals surface area (Å²) in [7, 11) is 0. The molecule has 15 heavy (non-hydrogen) atoms. The maximum Gasteiger partial charge on any atom is 0.158 e. The van der Waals surface area contributed by atoms with E-state index in [1.54, 1.807) is 13.1 Å². The predicted octanol–water partition coefficient (Wildman–Crippen LogP) is 1.35. The Morgan fingerprint density at radius 1 is 1.33 bits per heavy atom. The maximum atomic E-state index is 11.1. The van der Waals surface area contributed by atoms with Gasteiger partial charge in [-0.3, -0.25) is 10.1 Å². The lowest BCUT2D eigenvalue weighted by Gasteiger charge is -2.24. The standard InChI is InChI=1S/C12H14N2O/c1-9(15)11-7-13-12(14-8-11)10-5-3-2-4-6-10/h2-7,12-14H,8H2,1H3. The van der Waals surface area contributed by atoms with Crippen LogP contribution in [0.5, 0.6) is 0 Å². The van der Waals surface area contributed by atoms with E-state index in [-0.39, 0.29) is 11.9 Å². The SMILES string of the molecule is CC(=O)C1=CNC(c2ccccc2)NC1. The Morgan fingerprint density at radius 3 is 2.60 bits per heavy atom. The van der Waals surface area contributed by atoms with Crippen LogP contribution in [0.25, 0.3) is 0 Å². The molecule has 0 saturated carbocycles. The zero-order chi connectivity index (χ0) is 10.7. The minimum absolute atomic E-state index is 0.106. The van der Waals surface area contributed by atoms with Gasteiger partial charge in [0.05, 0.1) is 0 Å². The van der Waals surface area contributed by atoms with E-state index in [1.807, 2.05) is 18.2 Å². The fourth-order valence-corrected chi connectivity index (χ4v) is 1.59. The van der Waals surface area contributed by atoms with Gasteiger partial charge in [-0.2, -0.15) is 0 Å². The monoisotopic (exact) mass is 202 g/mol.